The fourth-order valence-electron chi connectivity index (χ4n) is 2.67. The summed E-state index contributed by atoms with van der Waals surface area (Å²) in [6, 6.07) is 7.39. The second-order valence-electron chi connectivity index (χ2n) is 5.72. The first-order valence-electron chi connectivity index (χ1n) is 7.64. The van der Waals surface area contributed by atoms with E-state index < -0.39 is 10.0 Å². The van der Waals surface area contributed by atoms with Crippen molar-refractivity contribution in [1.82, 2.24) is 4.31 Å². The number of hydrogen-bond acceptors (Lipinski definition) is 2. The highest BCUT2D eigenvalue weighted by atomic mass is 32.2. The molecule has 0 N–H and O–H groups in total. The summed E-state index contributed by atoms with van der Waals surface area (Å²) in [5.41, 5.74) is 1.09. The molecule has 0 spiro atoms. The van der Waals surface area contributed by atoms with Gasteiger partial charge in [0, 0.05) is 12.6 Å². The molecule has 112 valence electrons. The summed E-state index contributed by atoms with van der Waals surface area (Å²) < 4.78 is 26.8. The summed E-state index contributed by atoms with van der Waals surface area (Å²) in [5, 5.41) is 0. The summed E-state index contributed by atoms with van der Waals surface area (Å²) in [6.07, 6.45) is 6.83. The van der Waals surface area contributed by atoms with Gasteiger partial charge in [-0.05, 0) is 31.9 Å². The van der Waals surface area contributed by atoms with Crippen molar-refractivity contribution >= 4 is 10.0 Å². The van der Waals surface area contributed by atoms with E-state index in [-0.39, 0.29) is 6.04 Å². The number of rotatable bonds is 7. The Morgan fingerprint density at radius 3 is 2.40 bits per heavy atom. The van der Waals surface area contributed by atoms with Crippen LogP contribution in [0.4, 0.5) is 0 Å². The van der Waals surface area contributed by atoms with Crippen molar-refractivity contribution in [3.63, 3.8) is 0 Å². The summed E-state index contributed by atoms with van der Waals surface area (Å²) in [5.74, 6) is 0. The molecule has 1 unspecified atom stereocenters. The summed E-state index contributed by atoms with van der Waals surface area (Å²) in [6.45, 7) is 4.84. The van der Waals surface area contributed by atoms with Crippen LogP contribution < -0.4 is 0 Å². The van der Waals surface area contributed by atoms with Crippen molar-refractivity contribution in [2.75, 3.05) is 6.54 Å². The summed E-state index contributed by atoms with van der Waals surface area (Å²) in [4.78, 5) is 0.432. The van der Waals surface area contributed by atoms with E-state index in [9.17, 15) is 8.42 Å². The Labute approximate surface area is 123 Å². The summed E-state index contributed by atoms with van der Waals surface area (Å²) >= 11 is 0. The van der Waals surface area contributed by atoms with Gasteiger partial charge in [0.1, 0.15) is 0 Å². The zero-order valence-corrected chi connectivity index (χ0v) is 13.3. The van der Waals surface area contributed by atoms with Crippen molar-refractivity contribution in [2.24, 2.45) is 0 Å². The maximum absolute atomic E-state index is 12.6. The third kappa shape index (κ3) is 3.41. The quantitative estimate of drug-likeness (QED) is 0.719. The van der Waals surface area contributed by atoms with Crippen LogP contribution in [0.25, 0.3) is 0 Å². The minimum absolute atomic E-state index is 0.221. The van der Waals surface area contributed by atoms with Crippen LogP contribution in [0.2, 0.25) is 0 Å². The molecule has 1 atom stereocenters. The van der Waals surface area contributed by atoms with E-state index in [0.29, 0.717) is 11.4 Å². The molecule has 0 bridgehead atoms. The molecule has 1 aliphatic heterocycles. The lowest BCUT2D eigenvalue weighted by Crippen LogP contribution is -2.50. The molecule has 1 heterocycles. The van der Waals surface area contributed by atoms with Crippen LogP contribution in [-0.4, -0.2) is 25.3 Å². The number of aryl methyl sites for hydroxylation is 1. The van der Waals surface area contributed by atoms with Crippen molar-refractivity contribution in [2.45, 2.75) is 63.3 Å². The first kappa shape index (κ1) is 15.5. The van der Waals surface area contributed by atoms with Crippen LogP contribution >= 0.6 is 0 Å². The van der Waals surface area contributed by atoms with Gasteiger partial charge in [-0.15, -0.1) is 0 Å². The molecule has 3 nitrogen and oxygen atoms in total. The molecule has 20 heavy (non-hydrogen) atoms. The molecule has 1 aromatic rings. The first-order valence-corrected chi connectivity index (χ1v) is 9.08. The number of unbranched alkanes of at least 4 members (excludes halogenated alkanes) is 3. The van der Waals surface area contributed by atoms with Gasteiger partial charge >= 0.3 is 0 Å². The third-order valence-electron chi connectivity index (χ3n) is 4.11. The Balaban J connectivity index is 1.97. The van der Waals surface area contributed by atoms with E-state index in [2.05, 4.69) is 6.92 Å². The highest BCUT2D eigenvalue weighted by molar-refractivity contribution is 7.89. The van der Waals surface area contributed by atoms with Crippen molar-refractivity contribution in [3.05, 3.63) is 29.8 Å². The minimum atomic E-state index is -3.28. The van der Waals surface area contributed by atoms with E-state index in [4.69, 9.17) is 0 Å². The second-order valence-corrected chi connectivity index (χ2v) is 7.61. The molecule has 0 saturated carbocycles. The molecule has 2 rings (SSSR count). The highest BCUT2D eigenvalue weighted by Crippen LogP contribution is 2.30. The van der Waals surface area contributed by atoms with Gasteiger partial charge in [0.05, 0.1) is 4.90 Å². The van der Waals surface area contributed by atoms with Crippen molar-refractivity contribution in [1.29, 1.82) is 0 Å². The summed E-state index contributed by atoms with van der Waals surface area (Å²) in [7, 11) is -3.28. The SMILES string of the molecule is CCCCCCC1CCN1S(=O)(=O)c1ccc(C)cc1. The number of sulfonamides is 1. The standard InChI is InChI=1S/C16H25NO2S/c1-3-4-5-6-7-15-12-13-17(15)20(18,19)16-10-8-14(2)9-11-16/h8-11,15H,3-7,12-13H2,1-2H3. The zero-order valence-electron chi connectivity index (χ0n) is 12.5. The largest absolute Gasteiger partial charge is 0.243 e. The molecule has 1 fully saturated rings. The smallest absolute Gasteiger partial charge is 0.207 e. The highest BCUT2D eigenvalue weighted by Gasteiger charge is 2.37. The number of hydrogen-bond donors (Lipinski definition) is 0. The monoisotopic (exact) mass is 295 g/mol. The number of nitrogens with zero attached hydrogens (tertiary/aromatic N) is 1. The predicted octanol–water partition coefficient (Wildman–Crippen LogP) is 3.73. The van der Waals surface area contributed by atoms with E-state index >= 15 is 0 Å². The van der Waals surface area contributed by atoms with Gasteiger partial charge in [-0.2, -0.15) is 4.31 Å². The lowest BCUT2D eigenvalue weighted by atomic mass is 10.00. The van der Waals surface area contributed by atoms with Crippen LogP contribution in [0.3, 0.4) is 0 Å². The Hall–Kier alpha value is -0.870. The average molecular weight is 295 g/mol. The van der Waals surface area contributed by atoms with Gasteiger partial charge in [-0.3, -0.25) is 0 Å². The van der Waals surface area contributed by atoms with Crippen molar-refractivity contribution < 1.29 is 8.42 Å². The van der Waals surface area contributed by atoms with Gasteiger partial charge in [0.15, 0.2) is 0 Å². The van der Waals surface area contributed by atoms with E-state index in [1.807, 2.05) is 19.1 Å². The second kappa shape index (κ2) is 6.72. The van der Waals surface area contributed by atoms with E-state index in [1.54, 1.807) is 16.4 Å². The molecule has 4 heteroatoms. The number of benzene rings is 1. The van der Waals surface area contributed by atoms with Gasteiger partial charge in [0.25, 0.3) is 0 Å². The Kier molecular flexibility index (Phi) is 5.22. The lowest BCUT2D eigenvalue weighted by molar-refractivity contribution is 0.184. The van der Waals surface area contributed by atoms with Crippen LogP contribution in [0, 0.1) is 6.92 Å². The Bertz CT molecular complexity index is 522. The molecular weight excluding hydrogens is 270 g/mol. The maximum atomic E-state index is 12.6. The zero-order chi connectivity index (χ0) is 14.6. The fraction of sp³-hybridized carbons (Fsp3) is 0.625. The molecule has 0 radical (unpaired) electrons. The van der Waals surface area contributed by atoms with Gasteiger partial charge < -0.3 is 0 Å². The van der Waals surface area contributed by atoms with Crippen LogP contribution in [-0.2, 0) is 10.0 Å². The molecule has 0 aromatic heterocycles. The topological polar surface area (TPSA) is 37.4 Å². The molecule has 0 aliphatic carbocycles. The normalized spacial score (nSPS) is 19.8. The minimum Gasteiger partial charge on any atom is -0.207 e. The van der Waals surface area contributed by atoms with Crippen molar-refractivity contribution in [3.8, 4) is 0 Å². The van der Waals surface area contributed by atoms with E-state index in [0.717, 1.165) is 24.8 Å². The van der Waals surface area contributed by atoms with Crippen LogP contribution in [0.15, 0.2) is 29.2 Å². The molecule has 0 amide bonds. The van der Waals surface area contributed by atoms with Gasteiger partial charge in [-0.1, -0.05) is 50.3 Å². The Morgan fingerprint density at radius 2 is 1.85 bits per heavy atom. The molecule has 1 aromatic carbocycles. The average Bonchev–Trinajstić information content (AvgIpc) is 2.37. The van der Waals surface area contributed by atoms with Gasteiger partial charge in [0.2, 0.25) is 10.0 Å². The van der Waals surface area contributed by atoms with E-state index in [1.165, 1.54) is 19.3 Å². The molecule has 1 aliphatic rings. The predicted molar refractivity (Wildman–Crippen MR) is 82.2 cm³/mol. The third-order valence-corrected chi connectivity index (χ3v) is 6.07. The molecule has 1 saturated heterocycles. The maximum Gasteiger partial charge on any atom is 0.243 e. The van der Waals surface area contributed by atoms with Crippen LogP contribution in [0.5, 0.6) is 0 Å². The fourth-order valence-corrected chi connectivity index (χ4v) is 4.37. The van der Waals surface area contributed by atoms with Crippen LogP contribution in [0.1, 0.15) is 51.0 Å². The van der Waals surface area contributed by atoms with Gasteiger partial charge in [-0.25, -0.2) is 8.42 Å². The Morgan fingerprint density at radius 1 is 1.15 bits per heavy atom. The molecular formula is C16H25NO2S. The first-order chi connectivity index (χ1) is 9.55. The lowest BCUT2D eigenvalue weighted by Gasteiger charge is -2.39.